The van der Waals surface area contributed by atoms with Gasteiger partial charge in [0.05, 0.1) is 12.9 Å². The number of hydrogen-bond donors (Lipinski definition) is 2. The van der Waals surface area contributed by atoms with Gasteiger partial charge in [0.25, 0.3) is 0 Å². The molecule has 1 aromatic rings. The second-order valence-electron chi connectivity index (χ2n) is 6.21. The monoisotopic (exact) mass is 405 g/mol. The molecule has 7 nitrogen and oxygen atoms in total. The molecule has 1 saturated heterocycles. The topological polar surface area (TPSA) is 102 Å². The molecule has 0 bridgehead atoms. The third-order valence-corrected chi connectivity index (χ3v) is 6.21. The zero-order valence-electron chi connectivity index (χ0n) is 15.0. The zero-order chi connectivity index (χ0) is 18.3. The quantitative estimate of drug-likeness (QED) is 0.678. The van der Waals surface area contributed by atoms with E-state index in [0.29, 0.717) is 24.4 Å². The maximum atomic E-state index is 12.9. The standard InChI is InChI=1S/C17H27N3O4S.ClH/c1-24-16-7-4-5-14(11-16)13-25(22,23)20-10-3-2-6-15(20)12-19-17(21)8-9-18;/h4-5,7,11,15H,2-3,6,8-10,12-13,18H2,1H3,(H,19,21);1H. The minimum atomic E-state index is -3.47. The van der Waals surface area contributed by atoms with Crippen LogP contribution in [0.2, 0.25) is 0 Å². The smallest absolute Gasteiger partial charge is 0.221 e. The van der Waals surface area contributed by atoms with Crippen LogP contribution in [-0.2, 0) is 20.6 Å². The predicted octanol–water partition coefficient (Wildman–Crippen LogP) is 1.27. The van der Waals surface area contributed by atoms with Crippen molar-refractivity contribution in [2.24, 2.45) is 5.73 Å². The van der Waals surface area contributed by atoms with Crippen LogP contribution in [0.3, 0.4) is 0 Å². The van der Waals surface area contributed by atoms with Crippen LogP contribution in [0.15, 0.2) is 24.3 Å². The van der Waals surface area contributed by atoms with E-state index < -0.39 is 10.0 Å². The lowest BCUT2D eigenvalue weighted by Crippen LogP contribution is -2.49. The Morgan fingerprint density at radius 3 is 2.85 bits per heavy atom. The highest BCUT2D eigenvalue weighted by Crippen LogP contribution is 2.23. The predicted molar refractivity (Wildman–Crippen MR) is 104 cm³/mol. The minimum Gasteiger partial charge on any atom is -0.497 e. The summed E-state index contributed by atoms with van der Waals surface area (Å²) < 4.78 is 32.5. The number of ether oxygens (including phenoxy) is 1. The molecule has 2 rings (SSSR count). The van der Waals surface area contributed by atoms with Crippen LogP contribution >= 0.6 is 12.4 Å². The summed E-state index contributed by atoms with van der Waals surface area (Å²) in [6.07, 6.45) is 2.80. The maximum absolute atomic E-state index is 12.9. The lowest BCUT2D eigenvalue weighted by Gasteiger charge is -2.34. The normalized spacial score (nSPS) is 18.0. The Morgan fingerprint density at radius 1 is 1.38 bits per heavy atom. The zero-order valence-corrected chi connectivity index (χ0v) is 16.7. The van der Waals surface area contributed by atoms with Crippen LogP contribution in [0.1, 0.15) is 31.2 Å². The van der Waals surface area contributed by atoms with Crippen LogP contribution < -0.4 is 15.8 Å². The number of piperidine rings is 1. The average Bonchev–Trinajstić information content (AvgIpc) is 2.60. The van der Waals surface area contributed by atoms with Gasteiger partial charge in [0.2, 0.25) is 15.9 Å². The molecule has 1 unspecified atom stereocenters. The lowest BCUT2D eigenvalue weighted by atomic mass is 10.1. The van der Waals surface area contributed by atoms with E-state index in [0.717, 1.165) is 19.3 Å². The molecule has 1 heterocycles. The number of nitrogens with one attached hydrogen (secondary N) is 1. The summed E-state index contributed by atoms with van der Waals surface area (Å²) in [5.74, 6) is 0.424. The SMILES string of the molecule is COc1cccc(CS(=O)(=O)N2CCCCC2CNC(=O)CCN)c1.Cl. The molecule has 26 heavy (non-hydrogen) atoms. The van der Waals surface area contributed by atoms with Crippen molar-refractivity contribution in [1.29, 1.82) is 0 Å². The number of nitrogens with zero attached hydrogens (tertiary/aromatic N) is 1. The van der Waals surface area contributed by atoms with Crippen molar-refractivity contribution in [3.63, 3.8) is 0 Å². The summed E-state index contributed by atoms with van der Waals surface area (Å²) in [6.45, 7) is 1.11. The number of methoxy groups -OCH3 is 1. The molecule has 0 spiro atoms. The van der Waals surface area contributed by atoms with Gasteiger partial charge in [0.1, 0.15) is 5.75 Å². The summed E-state index contributed by atoms with van der Waals surface area (Å²) in [7, 11) is -1.92. The molecule has 0 aromatic heterocycles. The van der Waals surface area contributed by atoms with Crippen LogP contribution in [0.5, 0.6) is 5.75 Å². The van der Waals surface area contributed by atoms with E-state index in [-0.39, 0.29) is 43.1 Å². The van der Waals surface area contributed by atoms with Crippen molar-refractivity contribution in [2.45, 2.75) is 37.5 Å². The van der Waals surface area contributed by atoms with E-state index in [2.05, 4.69) is 5.32 Å². The first-order valence-corrected chi connectivity index (χ1v) is 10.2. The van der Waals surface area contributed by atoms with E-state index >= 15 is 0 Å². The van der Waals surface area contributed by atoms with Crippen LogP contribution in [0.4, 0.5) is 0 Å². The van der Waals surface area contributed by atoms with Gasteiger partial charge >= 0.3 is 0 Å². The molecule has 1 aliphatic rings. The van der Waals surface area contributed by atoms with Crippen molar-refractivity contribution in [1.82, 2.24) is 9.62 Å². The summed E-state index contributed by atoms with van der Waals surface area (Å²) in [4.78, 5) is 11.6. The van der Waals surface area contributed by atoms with Crippen LogP contribution in [-0.4, -0.2) is 51.4 Å². The van der Waals surface area contributed by atoms with E-state index in [9.17, 15) is 13.2 Å². The number of carbonyl (C=O) groups excluding carboxylic acids is 1. The van der Waals surface area contributed by atoms with Crippen LogP contribution in [0.25, 0.3) is 0 Å². The molecule has 0 saturated carbocycles. The number of halogens is 1. The Morgan fingerprint density at radius 2 is 2.15 bits per heavy atom. The number of sulfonamides is 1. The molecule has 1 fully saturated rings. The molecule has 1 amide bonds. The van der Waals surface area contributed by atoms with Gasteiger partial charge in [-0.05, 0) is 30.5 Å². The third-order valence-electron chi connectivity index (χ3n) is 4.32. The van der Waals surface area contributed by atoms with Gasteiger partial charge in [-0.25, -0.2) is 8.42 Å². The molecule has 1 atom stereocenters. The Hall–Kier alpha value is -1.35. The van der Waals surface area contributed by atoms with Crippen molar-refractivity contribution in [3.05, 3.63) is 29.8 Å². The van der Waals surface area contributed by atoms with Crippen molar-refractivity contribution in [3.8, 4) is 5.75 Å². The first-order valence-electron chi connectivity index (χ1n) is 8.55. The molecule has 3 N–H and O–H groups in total. The van der Waals surface area contributed by atoms with E-state index in [1.807, 2.05) is 0 Å². The van der Waals surface area contributed by atoms with Crippen molar-refractivity contribution < 1.29 is 17.9 Å². The van der Waals surface area contributed by atoms with E-state index in [4.69, 9.17) is 10.5 Å². The second kappa shape index (κ2) is 10.7. The van der Waals surface area contributed by atoms with E-state index in [1.54, 1.807) is 35.7 Å². The molecule has 148 valence electrons. The number of benzene rings is 1. The van der Waals surface area contributed by atoms with Gasteiger partial charge in [-0.15, -0.1) is 12.4 Å². The Bertz CT molecular complexity index is 684. The highest BCUT2D eigenvalue weighted by atomic mass is 35.5. The second-order valence-corrected chi connectivity index (χ2v) is 8.13. The molecular weight excluding hydrogens is 378 g/mol. The fraction of sp³-hybridized carbons (Fsp3) is 0.588. The van der Waals surface area contributed by atoms with E-state index in [1.165, 1.54) is 0 Å². The number of carbonyl (C=O) groups is 1. The molecule has 9 heteroatoms. The molecule has 1 aliphatic heterocycles. The maximum Gasteiger partial charge on any atom is 0.221 e. The minimum absolute atomic E-state index is 0. The summed E-state index contributed by atoms with van der Waals surface area (Å²) in [5, 5.41) is 2.79. The van der Waals surface area contributed by atoms with Gasteiger partial charge in [-0.3, -0.25) is 4.79 Å². The lowest BCUT2D eigenvalue weighted by molar-refractivity contribution is -0.121. The molecule has 0 radical (unpaired) electrons. The summed E-state index contributed by atoms with van der Waals surface area (Å²) >= 11 is 0. The fourth-order valence-corrected chi connectivity index (χ4v) is 4.86. The number of amides is 1. The third kappa shape index (κ3) is 6.42. The number of rotatable bonds is 8. The molecule has 0 aliphatic carbocycles. The van der Waals surface area contributed by atoms with Crippen LogP contribution in [0, 0.1) is 0 Å². The molecule has 1 aromatic carbocycles. The summed E-state index contributed by atoms with van der Waals surface area (Å²) in [6, 6.07) is 6.88. The van der Waals surface area contributed by atoms with Gasteiger partial charge < -0.3 is 15.8 Å². The molecular formula is C17H28ClN3O4S. The van der Waals surface area contributed by atoms with Gasteiger partial charge in [-0.2, -0.15) is 4.31 Å². The Balaban J connectivity index is 0.00000338. The van der Waals surface area contributed by atoms with Gasteiger partial charge in [0, 0.05) is 32.1 Å². The number of hydrogen-bond acceptors (Lipinski definition) is 5. The number of nitrogens with two attached hydrogens (primary N) is 1. The Kier molecular flexibility index (Phi) is 9.35. The highest BCUT2D eigenvalue weighted by Gasteiger charge is 2.32. The van der Waals surface area contributed by atoms with Gasteiger partial charge in [0.15, 0.2) is 0 Å². The van der Waals surface area contributed by atoms with Crippen molar-refractivity contribution >= 4 is 28.3 Å². The fourth-order valence-electron chi connectivity index (χ4n) is 3.05. The highest BCUT2D eigenvalue weighted by molar-refractivity contribution is 7.88. The first-order chi connectivity index (χ1) is 12.0. The summed E-state index contributed by atoms with van der Waals surface area (Å²) in [5.41, 5.74) is 6.06. The first kappa shape index (κ1) is 22.7. The van der Waals surface area contributed by atoms with Crippen molar-refractivity contribution in [2.75, 3.05) is 26.7 Å². The van der Waals surface area contributed by atoms with Gasteiger partial charge in [-0.1, -0.05) is 18.6 Å². The Labute approximate surface area is 161 Å². The average molecular weight is 406 g/mol. The largest absolute Gasteiger partial charge is 0.497 e.